The van der Waals surface area contributed by atoms with Gasteiger partial charge in [0.05, 0.1) is 12.6 Å². The maximum atomic E-state index is 5.33. The Balaban J connectivity index is 1.79. The Kier molecular flexibility index (Phi) is 2.71. The molecule has 0 aliphatic carbocycles. The topological polar surface area (TPSA) is 75.7 Å². The fourth-order valence-corrected chi connectivity index (χ4v) is 1.92. The van der Waals surface area contributed by atoms with Crippen LogP contribution >= 0.6 is 0 Å². The van der Waals surface area contributed by atoms with Crippen molar-refractivity contribution in [3.8, 4) is 11.4 Å². The van der Waals surface area contributed by atoms with Gasteiger partial charge in [-0.15, -0.1) is 10.2 Å². The highest BCUT2D eigenvalue weighted by Gasteiger charge is 2.15. The second-order valence-electron chi connectivity index (χ2n) is 4.02. The minimum atomic E-state index is 0.399. The molecule has 1 aromatic heterocycles. The number of H-pyrrole nitrogens is 1. The van der Waals surface area contributed by atoms with Crippen molar-refractivity contribution in [1.82, 2.24) is 20.6 Å². The molecule has 17 heavy (non-hydrogen) atoms. The Bertz CT molecular complexity index is 478. The molecule has 1 saturated heterocycles. The van der Waals surface area contributed by atoms with E-state index in [4.69, 9.17) is 4.74 Å². The quantitative estimate of drug-likeness (QED) is 0.826. The molecule has 1 fully saturated rings. The molecule has 2 heterocycles. The zero-order valence-electron chi connectivity index (χ0n) is 9.26. The maximum Gasteiger partial charge on any atom is 0.204 e. The number of nitrogens with zero attached hydrogens (tertiary/aromatic N) is 3. The summed E-state index contributed by atoms with van der Waals surface area (Å²) in [5.41, 5.74) is 2.01. The number of aromatic nitrogens is 4. The van der Waals surface area contributed by atoms with E-state index in [9.17, 15) is 0 Å². The second kappa shape index (κ2) is 4.50. The van der Waals surface area contributed by atoms with Gasteiger partial charge >= 0.3 is 0 Å². The Hall–Kier alpha value is -1.95. The van der Waals surface area contributed by atoms with Crippen molar-refractivity contribution in [1.29, 1.82) is 0 Å². The van der Waals surface area contributed by atoms with E-state index < -0.39 is 0 Å². The molecule has 1 aliphatic heterocycles. The van der Waals surface area contributed by atoms with Gasteiger partial charge in [0.25, 0.3) is 0 Å². The van der Waals surface area contributed by atoms with Crippen LogP contribution in [0.5, 0.6) is 0 Å². The standard InChI is InChI=1S/C11H13N5O/c1-2-8(11-13-15-16-14-11)6-9(3-1)12-10-4-5-17-7-10/h1-3,6,10,12H,4-5,7H2,(H,13,14,15,16). The minimum Gasteiger partial charge on any atom is -0.380 e. The van der Waals surface area contributed by atoms with E-state index in [2.05, 4.69) is 25.9 Å². The van der Waals surface area contributed by atoms with Crippen LogP contribution < -0.4 is 5.32 Å². The van der Waals surface area contributed by atoms with E-state index in [0.717, 1.165) is 30.9 Å². The molecule has 6 heteroatoms. The summed E-state index contributed by atoms with van der Waals surface area (Å²) in [7, 11) is 0. The smallest absolute Gasteiger partial charge is 0.204 e. The van der Waals surface area contributed by atoms with Crippen molar-refractivity contribution in [2.75, 3.05) is 18.5 Å². The summed E-state index contributed by atoms with van der Waals surface area (Å²) in [6.07, 6.45) is 1.05. The highest BCUT2D eigenvalue weighted by molar-refractivity contribution is 5.61. The lowest BCUT2D eigenvalue weighted by molar-refractivity contribution is 0.195. The summed E-state index contributed by atoms with van der Waals surface area (Å²) >= 11 is 0. The zero-order chi connectivity index (χ0) is 11.5. The van der Waals surface area contributed by atoms with Gasteiger partial charge in [-0.2, -0.15) is 5.21 Å². The number of anilines is 1. The van der Waals surface area contributed by atoms with Crippen LogP contribution in [0.1, 0.15) is 6.42 Å². The van der Waals surface area contributed by atoms with Gasteiger partial charge in [0.15, 0.2) is 0 Å². The summed E-state index contributed by atoms with van der Waals surface area (Å²) in [5, 5.41) is 17.4. The van der Waals surface area contributed by atoms with Crippen LogP contribution in [-0.4, -0.2) is 39.9 Å². The molecular formula is C11H13N5O. The van der Waals surface area contributed by atoms with Crippen molar-refractivity contribution in [3.05, 3.63) is 24.3 Å². The van der Waals surface area contributed by atoms with E-state index in [1.165, 1.54) is 0 Å². The summed E-state index contributed by atoms with van der Waals surface area (Å²) in [5.74, 6) is 0.608. The number of aromatic amines is 1. The monoisotopic (exact) mass is 231 g/mol. The number of tetrazole rings is 1. The average Bonchev–Trinajstić information content (AvgIpc) is 3.01. The molecule has 0 bridgehead atoms. The summed E-state index contributed by atoms with van der Waals surface area (Å²) in [6.45, 7) is 1.61. The molecule has 0 spiro atoms. The summed E-state index contributed by atoms with van der Waals surface area (Å²) in [4.78, 5) is 0. The van der Waals surface area contributed by atoms with Crippen LogP contribution in [0.15, 0.2) is 24.3 Å². The summed E-state index contributed by atoms with van der Waals surface area (Å²) < 4.78 is 5.33. The Morgan fingerprint density at radius 3 is 3.18 bits per heavy atom. The van der Waals surface area contributed by atoms with Gasteiger partial charge in [-0.1, -0.05) is 12.1 Å². The molecule has 2 aromatic rings. The lowest BCUT2D eigenvalue weighted by Gasteiger charge is -2.12. The number of hydrogen-bond donors (Lipinski definition) is 2. The van der Waals surface area contributed by atoms with Gasteiger partial charge in [-0.25, -0.2) is 0 Å². The molecule has 0 radical (unpaired) electrons. The molecule has 88 valence electrons. The molecule has 1 aliphatic rings. The highest BCUT2D eigenvalue weighted by atomic mass is 16.5. The molecule has 6 nitrogen and oxygen atoms in total. The van der Waals surface area contributed by atoms with Gasteiger partial charge in [0.1, 0.15) is 0 Å². The summed E-state index contributed by atoms with van der Waals surface area (Å²) in [6, 6.07) is 8.38. The van der Waals surface area contributed by atoms with E-state index in [1.54, 1.807) is 0 Å². The van der Waals surface area contributed by atoms with Crippen LogP contribution in [0.25, 0.3) is 11.4 Å². The molecule has 1 unspecified atom stereocenters. The fourth-order valence-electron chi connectivity index (χ4n) is 1.92. The largest absolute Gasteiger partial charge is 0.380 e. The van der Waals surface area contributed by atoms with Crippen molar-refractivity contribution in [2.45, 2.75) is 12.5 Å². The van der Waals surface area contributed by atoms with E-state index in [1.807, 2.05) is 24.3 Å². The van der Waals surface area contributed by atoms with Crippen molar-refractivity contribution < 1.29 is 4.74 Å². The first-order chi connectivity index (χ1) is 8.42. The molecule has 3 rings (SSSR count). The van der Waals surface area contributed by atoms with E-state index in [0.29, 0.717) is 11.9 Å². The number of hydrogen-bond acceptors (Lipinski definition) is 5. The van der Waals surface area contributed by atoms with Gasteiger partial charge in [0.2, 0.25) is 5.82 Å². The van der Waals surface area contributed by atoms with E-state index in [-0.39, 0.29) is 0 Å². The zero-order valence-corrected chi connectivity index (χ0v) is 9.26. The lowest BCUT2D eigenvalue weighted by Crippen LogP contribution is -2.18. The second-order valence-corrected chi connectivity index (χ2v) is 4.02. The molecule has 0 saturated carbocycles. The molecule has 1 atom stereocenters. The van der Waals surface area contributed by atoms with Crippen LogP contribution in [0, 0.1) is 0 Å². The molecular weight excluding hydrogens is 218 g/mol. The average molecular weight is 231 g/mol. The van der Waals surface area contributed by atoms with Crippen LogP contribution in [-0.2, 0) is 4.74 Å². The van der Waals surface area contributed by atoms with Gasteiger partial charge < -0.3 is 10.1 Å². The van der Waals surface area contributed by atoms with Crippen molar-refractivity contribution in [2.24, 2.45) is 0 Å². The Labute approximate surface area is 98.4 Å². The highest BCUT2D eigenvalue weighted by Crippen LogP contribution is 2.20. The Morgan fingerprint density at radius 1 is 1.41 bits per heavy atom. The SMILES string of the molecule is c1cc(NC2CCOC2)cc(-c2nn[nH]n2)c1. The first-order valence-corrected chi connectivity index (χ1v) is 5.60. The predicted octanol–water partition coefficient (Wildman–Crippen LogP) is 1.07. The molecule has 0 amide bonds. The first kappa shape index (κ1) is 10.2. The number of nitrogens with one attached hydrogen (secondary N) is 2. The normalized spacial score (nSPS) is 19.4. The minimum absolute atomic E-state index is 0.399. The maximum absolute atomic E-state index is 5.33. The number of benzene rings is 1. The van der Waals surface area contributed by atoms with E-state index >= 15 is 0 Å². The van der Waals surface area contributed by atoms with Crippen molar-refractivity contribution >= 4 is 5.69 Å². The third-order valence-electron chi connectivity index (χ3n) is 2.77. The third kappa shape index (κ3) is 2.26. The number of ether oxygens (including phenoxy) is 1. The van der Waals surface area contributed by atoms with Gasteiger partial charge in [-0.05, 0) is 23.8 Å². The lowest BCUT2D eigenvalue weighted by atomic mass is 10.1. The first-order valence-electron chi connectivity index (χ1n) is 5.60. The Morgan fingerprint density at radius 2 is 2.41 bits per heavy atom. The van der Waals surface area contributed by atoms with Crippen LogP contribution in [0.3, 0.4) is 0 Å². The van der Waals surface area contributed by atoms with Gasteiger partial charge in [0, 0.05) is 17.9 Å². The van der Waals surface area contributed by atoms with Crippen molar-refractivity contribution in [3.63, 3.8) is 0 Å². The predicted molar refractivity (Wildman–Crippen MR) is 62.5 cm³/mol. The van der Waals surface area contributed by atoms with Crippen LogP contribution in [0.4, 0.5) is 5.69 Å². The molecule has 1 aromatic carbocycles. The third-order valence-corrected chi connectivity index (χ3v) is 2.77. The van der Waals surface area contributed by atoms with Crippen LogP contribution in [0.2, 0.25) is 0 Å². The molecule has 2 N–H and O–H groups in total. The fraction of sp³-hybridized carbons (Fsp3) is 0.364. The number of rotatable bonds is 3. The van der Waals surface area contributed by atoms with Gasteiger partial charge in [-0.3, -0.25) is 0 Å².